The number of amides is 2. The van der Waals surface area contributed by atoms with Gasteiger partial charge in [0.1, 0.15) is 11.4 Å². The smallest absolute Gasteiger partial charge is 0.328 e. The van der Waals surface area contributed by atoms with Gasteiger partial charge in [0.05, 0.1) is 12.9 Å². The number of benzene rings is 1. The molecule has 2 rings (SSSR count). The van der Waals surface area contributed by atoms with Crippen molar-refractivity contribution < 1.29 is 19.1 Å². The molecule has 6 nitrogen and oxygen atoms in total. The standard InChI is InChI=1S/C19H26N2O4S/c1-13-8-4-5-9-15(13)18-21(17(23)12-26-18)11-7-6-10-16(19(24)25-3)20-14(2)22/h4-5,8-9,16,18H,6-7,10-12H2,1-3H3,(H,20,22). The summed E-state index contributed by atoms with van der Waals surface area (Å²) < 4.78 is 4.73. The van der Waals surface area contributed by atoms with Gasteiger partial charge in [0.2, 0.25) is 11.8 Å². The normalized spacial score (nSPS) is 17.9. The monoisotopic (exact) mass is 378 g/mol. The molecule has 0 spiro atoms. The summed E-state index contributed by atoms with van der Waals surface area (Å²) in [5.74, 6) is -0.0538. The Morgan fingerprint density at radius 1 is 1.35 bits per heavy atom. The molecule has 0 saturated carbocycles. The van der Waals surface area contributed by atoms with E-state index in [0.717, 1.165) is 12.8 Å². The van der Waals surface area contributed by atoms with Crippen molar-refractivity contribution >= 4 is 29.5 Å². The number of nitrogens with zero attached hydrogens (tertiary/aromatic N) is 1. The third-order valence-corrected chi connectivity index (χ3v) is 5.67. The Hall–Kier alpha value is -2.02. The largest absolute Gasteiger partial charge is 0.467 e. The van der Waals surface area contributed by atoms with Crippen molar-refractivity contribution in [1.82, 2.24) is 10.2 Å². The number of rotatable bonds is 8. The van der Waals surface area contributed by atoms with Crippen molar-refractivity contribution in [1.29, 1.82) is 0 Å². The molecule has 1 aromatic carbocycles. The second kappa shape index (κ2) is 9.62. The van der Waals surface area contributed by atoms with Gasteiger partial charge < -0.3 is 15.0 Å². The van der Waals surface area contributed by atoms with Crippen molar-refractivity contribution in [3.8, 4) is 0 Å². The third kappa shape index (κ3) is 5.24. The number of unbranched alkanes of at least 4 members (excludes halogenated alkanes) is 1. The maximum Gasteiger partial charge on any atom is 0.328 e. The lowest BCUT2D eigenvalue weighted by Gasteiger charge is -2.25. The van der Waals surface area contributed by atoms with Crippen LogP contribution in [0.15, 0.2) is 24.3 Å². The third-order valence-electron chi connectivity index (χ3n) is 4.43. The van der Waals surface area contributed by atoms with E-state index in [-0.39, 0.29) is 17.2 Å². The van der Waals surface area contributed by atoms with E-state index in [9.17, 15) is 14.4 Å². The number of carbonyl (C=O) groups excluding carboxylic acids is 3. The maximum absolute atomic E-state index is 12.3. The molecule has 1 saturated heterocycles. The molecule has 0 bridgehead atoms. The Bertz CT molecular complexity index is 665. The summed E-state index contributed by atoms with van der Waals surface area (Å²) in [6.45, 7) is 4.08. The fourth-order valence-corrected chi connectivity index (χ4v) is 4.40. The summed E-state index contributed by atoms with van der Waals surface area (Å²) in [6, 6.07) is 7.50. The highest BCUT2D eigenvalue weighted by Gasteiger charge is 2.33. The molecule has 2 atom stereocenters. The quantitative estimate of drug-likeness (QED) is 0.555. The van der Waals surface area contributed by atoms with Crippen LogP contribution in [0.1, 0.15) is 42.7 Å². The lowest BCUT2D eigenvalue weighted by molar-refractivity contribution is -0.145. The number of nitrogens with one attached hydrogen (secondary N) is 1. The number of thioether (sulfide) groups is 1. The van der Waals surface area contributed by atoms with Crippen molar-refractivity contribution in [2.24, 2.45) is 0 Å². The number of hydrogen-bond donors (Lipinski definition) is 1. The first-order valence-electron chi connectivity index (χ1n) is 8.75. The van der Waals surface area contributed by atoms with Crippen LogP contribution in [0.3, 0.4) is 0 Å². The molecule has 7 heteroatoms. The molecule has 0 radical (unpaired) electrons. The lowest BCUT2D eigenvalue weighted by Crippen LogP contribution is -2.40. The Labute approximate surface area is 158 Å². The van der Waals surface area contributed by atoms with Gasteiger partial charge >= 0.3 is 5.97 Å². The van der Waals surface area contributed by atoms with Crippen molar-refractivity contribution in [3.63, 3.8) is 0 Å². The number of carbonyl (C=O) groups is 3. The van der Waals surface area contributed by atoms with Gasteiger partial charge in [-0.3, -0.25) is 9.59 Å². The average Bonchev–Trinajstić information content (AvgIpc) is 2.97. The van der Waals surface area contributed by atoms with E-state index in [1.807, 2.05) is 17.0 Å². The zero-order valence-electron chi connectivity index (χ0n) is 15.5. The molecule has 1 fully saturated rings. The summed E-state index contributed by atoms with van der Waals surface area (Å²) in [4.78, 5) is 37.1. The summed E-state index contributed by atoms with van der Waals surface area (Å²) in [7, 11) is 1.31. The first-order valence-corrected chi connectivity index (χ1v) is 9.80. The van der Waals surface area contributed by atoms with E-state index < -0.39 is 12.0 Å². The second-order valence-corrected chi connectivity index (χ2v) is 7.45. The predicted octanol–water partition coefficient (Wildman–Crippen LogP) is 2.42. The van der Waals surface area contributed by atoms with Gasteiger partial charge in [0.15, 0.2) is 0 Å². The molecule has 26 heavy (non-hydrogen) atoms. The zero-order chi connectivity index (χ0) is 19.1. The van der Waals surface area contributed by atoms with Crippen molar-refractivity contribution in [3.05, 3.63) is 35.4 Å². The molecule has 2 unspecified atom stereocenters. The van der Waals surface area contributed by atoms with Gasteiger partial charge in [0.25, 0.3) is 0 Å². The molecule has 1 aromatic rings. The second-order valence-electron chi connectivity index (χ2n) is 6.38. The summed E-state index contributed by atoms with van der Waals surface area (Å²) in [5.41, 5.74) is 2.36. The number of ether oxygens (including phenoxy) is 1. The molecule has 2 amide bonds. The van der Waals surface area contributed by atoms with Gasteiger partial charge in [-0.15, -0.1) is 11.8 Å². The van der Waals surface area contributed by atoms with Crippen LogP contribution in [-0.4, -0.2) is 48.1 Å². The van der Waals surface area contributed by atoms with Crippen LogP contribution < -0.4 is 5.32 Å². The molecule has 1 N–H and O–H groups in total. The fourth-order valence-electron chi connectivity index (χ4n) is 3.08. The average molecular weight is 378 g/mol. The highest BCUT2D eigenvalue weighted by atomic mass is 32.2. The number of methoxy groups -OCH3 is 1. The molecule has 142 valence electrons. The van der Waals surface area contributed by atoms with Crippen LogP contribution in [0.2, 0.25) is 0 Å². The number of hydrogen-bond acceptors (Lipinski definition) is 5. The van der Waals surface area contributed by atoms with Crippen molar-refractivity contribution in [2.75, 3.05) is 19.4 Å². The van der Waals surface area contributed by atoms with Gasteiger partial charge in [-0.2, -0.15) is 0 Å². The van der Waals surface area contributed by atoms with E-state index in [0.29, 0.717) is 18.7 Å². The van der Waals surface area contributed by atoms with Crippen LogP contribution in [0.5, 0.6) is 0 Å². The van der Waals surface area contributed by atoms with E-state index in [4.69, 9.17) is 4.74 Å². The Kier molecular flexibility index (Phi) is 7.50. The number of esters is 1. The van der Waals surface area contributed by atoms with E-state index >= 15 is 0 Å². The maximum atomic E-state index is 12.3. The first kappa shape index (κ1) is 20.3. The van der Waals surface area contributed by atoms with Crippen LogP contribution in [0.4, 0.5) is 0 Å². The van der Waals surface area contributed by atoms with Crippen LogP contribution in [0, 0.1) is 6.92 Å². The Morgan fingerprint density at radius 3 is 2.73 bits per heavy atom. The Morgan fingerprint density at radius 2 is 2.08 bits per heavy atom. The minimum atomic E-state index is -0.631. The van der Waals surface area contributed by atoms with E-state index in [1.54, 1.807) is 11.8 Å². The van der Waals surface area contributed by atoms with Gasteiger partial charge in [0, 0.05) is 13.5 Å². The predicted molar refractivity (Wildman–Crippen MR) is 102 cm³/mol. The molecule has 0 aromatic heterocycles. The molecule has 1 aliphatic rings. The minimum absolute atomic E-state index is 0.0513. The summed E-state index contributed by atoms with van der Waals surface area (Å²) in [6.07, 6.45) is 1.98. The van der Waals surface area contributed by atoms with E-state index in [1.165, 1.54) is 25.2 Å². The molecule has 1 aliphatic heterocycles. The molecular formula is C19H26N2O4S. The topological polar surface area (TPSA) is 75.7 Å². The molecule has 1 heterocycles. The molecule has 0 aliphatic carbocycles. The van der Waals surface area contributed by atoms with Crippen LogP contribution in [0.25, 0.3) is 0 Å². The highest BCUT2D eigenvalue weighted by molar-refractivity contribution is 8.00. The molecular weight excluding hydrogens is 352 g/mol. The van der Waals surface area contributed by atoms with Gasteiger partial charge in [-0.1, -0.05) is 24.3 Å². The minimum Gasteiger partial charge on any atom is -0.467 e. The van der Waals surface area contributed by atoms with E-state index in [2.05, 4.69) is 24.4 Å². The zero-order valence-corrected chi connectivity index (χ0v) is 16.3. The van der Waals surface area contributed by atoms with Crippen molar-refractivity contribution in [2.45, 2.75) is 44.5 Å². The lowest BCUT2D eigenvalue weighted by atomic mass is 10.1. The van der Waals surface area contributed by atoms with Crippen LogP contribution >= 0.6 is 11.8 Å². The summed E-state index contributed by atoms with van der Waals surface area (Å²) >= 11 is 1.65. The van der Waals surface area contributed by atoms with Crippen LogP contribution in [-0.2, 0) is 19.1 Å². The first-order chi connectivity index (χ1) is 12.4. The highest BCUT2D eigenvalue weighted by Crippen LogP contribution is 2.39. The number of aryl methyl sites for hydroxylation is 1. The summed E-state index contributed by atoms with van der Waals surface area (Å²) in [5, 5.41) is 2.66. The Balaban J connectivity index is 1.90. The fraction of sp³-hybridized carbons (Fsp3) is 0.526. The van der Waals surface area contributed by atoms with Gasteiger partial charge in [-0.25, -0.2) is 4.79 Å². The SMILES string of the molecule is COC(=O)C(CCCCN1C(=O)CSC1c1ccccc1C)NC(C)=O. The van der Waals surface area contributed by atoms with Gasteiger partial charge in [-0.05, 0) is 37.3 Å².